The second kappa shape index (κ2) is 8.36. The summed E-state index contributed by atoms with van der Waals surface area (Å²) in [6, 6.07) is 12.4. The number of anilines is 1. The quantitative estimate of drug-likeness (QED) is 0.801. The lowest BCUT2D eigenvalue weighted by Gasteiger charge is -2.08. The maximum absolute atomic E-state index is 12.1. The predicted octanol–water partition coefficient (Wildman–Crippen LogP) is 3.68. The van der Waals surface area contributed by atoms with Gasteiger partial charge in [-0.1, -0.05) is 23.7 Å². The van der Waals surface area contributed by atoms with Crippen LogP contribution in [0.3, 0.4) is 0 Å². The number of carbonyl (C=O) groups excluding carboxylic acids is 1. The molecular formula is C18H18ClNO4. The molecule has 2 N–H and O–H groups in total. The van der Waals surface area contributed by atoms with Crippen LogP contribution >= 0.6 is 11.6 Å². The van der Waals surface area contributed by atoms with Crippen LogP contribution < -0.4 is 10.1 Å². The first kappa shape index (κ1) is 17.8. The van der Waals surface area contributed by atoms with Gasteiger partial charge in [0.2, 0.25) is 5.91 Å². The van der Waals surface area contributed by atoms with E-state index in [4.69, 9.17) is 21.4 Å². The number of benzene rings is 2. The van der Waals surface area contributed by atoms with Gasteiger partial charge >= 0.3 is 5.97 Å². The molecule has 0 atom stereocenters. The van der Waals surface area contributed by atoms with Crippen LogP contribution in [0.2, 0.25) is 5.02 Å². The molecule has 0 aromatic heterocycles. The molecule has 1 amide bonds. The van der Waals surface area contributed by atoms with Crippen molar-refractivity contribution in [2.24, 2.45) is 0 Å². The normalized spacial score (nSPS) is 10.2. The predicted molar refractivity (Wildman–Crippen MR) is 92.7 cm³/mol. The number of aliphatic carboxylic acids is 1. The van der Waals surface area contributed by atoms with Crippen molar-refractivity contribution in [2.45, 2.75) is 19.8 Å². The summed E-state index contributed by atoms with van der Waals surface area (Å²) in [5.74, 6) is -0.471. The van der Waals surface area contributed by atoms with Gasteiger partial charge in [-0.05, 0) is 48.4 Å². The van der Waals surface area contributed by atoms with Crippen LogP contribution in [0.5, 0.6) is 5.75 Å². The Morgan fingerprint density at radius 2 is 1.88 bits per heavy atom. The lowest BCUT2D eigenvalue weighted by atomic mass is 10.1. The molecular weight excluding hydrogens is 330 g/mol. The van der Waals surface area contributed by atoms with E-state index in [0.717, 1.165) is 11.1 Å². The molecule has 0 unspecified atom stereocenters. The minimum Gasteiger partial charge on any atom is -0.493 e. The van der Waals surface area contributed by atoms with Gasteiger partial charge in [0, 0.05) is 10.7 Å². The Morgan fingerprint density at radius 1 is 1.17 bits per heavy atom. The standard InChI is InChI=1S/C18H18ClNO4/c1-12-8-14(19)11-15(9-12)20-17(21)10-13-2-4-16(5-3-13)24-7-6-18(22)23/h2-5,8-9,11H,6-7,10H2,1H3,(H,20,21)(H,22,23). The molecule has 6 heteroatoms. The SMILES string of the molecule is Cc1cc(Cl)cc(NC(=O)Cc2ccc(OCCC(=O)O)cc2)c1. The fraction of sp³-hybridized carbons (Fsp3) is 0.222. The number of hydrogen-bond donors (Lipinski definition) is 2. The molecule has 126 valence electrons. The summed E-state index contributed by atoms with van der Waals surface area (Å²) in [5.41, 5.74) is 2.47. The Balaban J connectivity index is 1.88. The third kappa shape index (κ3) is 5.93. The van der Waals surface area contributed by atoms with Crippen LogP contribution in [0.15, 0.2) is 42.5 Å². The summed E-state index contributed by atoms with van der Waals surface area (Å²) in [4.78, 5) is 22.5. The largest absolute Gasteiger partial charge is 0.493 e. The number of ether oxygens (including phenoxy) is 1. The van der Waals surface area contributed by atoms with Gasteiger partial charge in [0.05, 0.1) is 19.4 Å². The first-order chi connectivity index (χ1) is 11.4. The molecule has 0 spiro atoms. The van der Waals surface area contributed by atoms with E-state index in [0.29, 0.717) is 16.5 Å². The zero-order valence-corrected chi connectivity index (χ0v) is 14.0. The Kier molecular flexibility index (Phi) is 6.21. The number of halogens is 1. The zero-order chi connectivity index (χ0) is 17.5. The number of carbonyl (C=O) groups is 2. The van der Waals surface area contributed by atoms with Crippen molar-refractivity contribution in [3.63, 3.8) is 0 Å². The highest BCUT2D eigenvalue weighted by molar-refractivity contribution is 6.31. The summed E-state index contributed by atoms with van der Waals surface area (Å²) < 4.78 is 5.30. The third-order valence-electron chi connectivity index (χ3n) is 3.20. The first-order valence-corrected chi connectivity index (χ1v) is 7.81. The molecule has 0 bridgehead atoms. The van der Waals surface area contributed by atoms with Gasteiger partial charge in [0.15, 0.2) is 0 Å². The molecule has 2 aromatic rings. The van der Waals surface area contributed by atoms with Gasteiger partial charge in [-0.25, -0.2) is 0 Å². The fourth-order valence-corrected chi connectivity index (χ4v) is 2.45. The number of rotatable bonds is 7. The number of aryl methyl sites for hydroxylation is 1. The molecule has 0 saturated carbocycles. The topological polar surface area (TPSA) is 75.6 Å². The lowest BCUT2D eigenvalue weighted by molar-refractivity contribution is -0.137. The lowest BCUT2D eigenvalue weighted by Crippen LogP contribution is -2.14. The number of carboxylic acid groups (broad SMARTS) is 1. The monoisotopic (exact) mass is 347 g/mol. The zero-order valence-electron chi connectivity index (χ0n) is 13.2. The third-order valence-corrected chi connectivity index (χ3v) is 3.42. The van der Waals surface area contributed by atoms with Gasteiger partial charge < -0.3 is 15.2 Å². The molecule has 0 fully saturated rings. The maximum atomic E-state index is 12.1. The van der Waals surface area contributed by atoms with Crippen molar-refractivity contribution in [3.05, 3.63) is 58.6 Å². The average Bonchev–Trinajstić information content (AvgIpc) is 2.47. The molecule has 0 heterocycles. The van der Waals surface area contributed by atoms with Crippen LogP contribution in [0, 0.1) is 6.92 Å². The molecule has 2 aromatic carbocycles. The summed E-state index contributed by atoms with van der Waals surface area (Å²) in [7, 11) is 0. The summed E-state index contributed by atoms with van der Waals surface area (Å²) in [6.07, 6.45) is 0.171. The Morgan fingerprint density at radius 3 is 2.50 bits per heavy atom. The van der Waals surface area contributed by atoms with E-state index in [2.05, 4.69) is 5.32 Å². The van der Waals surface area contributed by atoms with Gasteiger partial charge in [-0.2, -0.15) is 0 Å². The minimum absolute atomic E-state index is 0.0524. The van der Waals surface area contributed by atoms with Crippen molar-refractivity contribution in [3.8, 4) is 5.75 Å². The summed E-state index contributed by atoms with van der Waals surface area (Å²) in [6.45, 7) is 2.02. The molecule has 0 radical (unpaired) electrons. The van der Waals surface area contributed by atoms with Crippen molar-refractivity contribution in [1.82, 2.24) is 0 Å². The van der Waals surface area contributed by atoms with E-state index in [-0.39, 0.29) is 25.4 Å². The van der Waals surface area contributed by atoms with Crippen LogP contribution in [-0.2, 0) is 16.0 Å². The number of carboxylic acids is 1. The van der Waals surface area contributed by atoms with Crippen molar-refractivity contribution in [1.29, 1.82) is 0 Å². The van der Waals surface area contributed by atoms with Crippen LogP contribution in [0.4, 0.5) is 5.69 Å². The molecule has 0 saturated heterocycles. The van der Waals surface area contributed by atoms with E-state index in [1.54, 1.807) is 30.3 Å². The highest BCUT2D eigenvalue weighted by Crippen LogP contribution is 2.19. The average molecular weight is 348 g/mol. The highest BCUT2D eigenvalue weighted by Gasteiger charge is 2.06. The smallest absolute Gasteiger partial charge is 0.306 e. The van der Waals surface area contributed by atoms with Gasteiger partial charge in [0.1, 0.15) is 5.75 Å². The van der Waals surface area contributed by atoms with E-state index < -0.39 is 5.97 Å². The second-order valence-electron chi connectivity index (χ2n) is 5.38. The summed E-state index contributed by atoms with van der Waals surface area (Å²) in [5, 5.41) is 11.9. The molecule has 24 heavy (non-hydrogen) atoms. The Hall–Kier alpha value is -2.53. The van der Waals surface area contributed by atoms with Crippen LogP contribution in [0.1, 0.15) is 17.5 Å². The molecule has 5 nitrogen and oxygen atoms in total. The van der Waals surface area contributed by atoms with Gasteiger partial charge in [0.25, 0.3) is 0 Å². The minimum atomic E-state index is -0.903. The van der Waals surface area contributed by atoms with Gasteiger partial charge in [-0.3, -0.25) is 9.59 Å². The Labute approximate surface area is 145 Å². The number of nitrogens with one attached hydrogen (secondary N) is 1. The van der Waals surface area contributed by atoms with Crippen molar-refractivity contribution >= 4 is 29.2 Å². The molecule has 0 aliphatic rings. The van der Waals surface area contributed by atoms with E-state index in [1.165, 1.54) is 0 Å². The highest BCUT2D eigenvalue weighted by atomic mass is 35.5. The van der Waals surface area contributed by atoms with Crippen molar-refractivity contribution in [2.75, 3.05) is 11.9 Å². The van der Waals surface area contributed by atoms with E-state index >= 15 is 0 Å². The maximum Gasteiger partial charge on any atom is 0.306 e. The summed E-state index contributed by atoms with van der Waals surface area (Å²) >= 11 is 5.97. The van der Waals surface area contributed by atoms with Crippen LogP contribution in [0.25, 0.3) is 0 Å². The fourth-order valence-electron chi connectivity index (χ4n) is 2.16. The Bertz CT molecular complexity index is 708. The number of amides is 1. The van der Waals surface area contributed by atoms with E-state index in [1.807, 2.05) is 19.1 Å². The first-order valence-electron chi connectivity index (χ1n) is 7.43. The second-order valence-corrected chi connectivity index (χ2v) is 5.81. The van der Waals surface area contributed by atoms with Crippen molar-refractivity contribution < 1.29 is 19.4 Å². The molecule has 0 aliphatic heterocycles. The van der Waals surface area contributed by atoms with E-state index in [9.17, 15) is 9.59 Å². The van der Waals surface area contributed by atoms with Crippen LogP contribution in [-0.4, -0.2) is 23.6 Å². The molecule has 0 aliphatic carbocycles. The number of hydrogen-bond acceptors (Lipinski definition) is 3. The molecule has 2 rings (SSSR count). The van der Waals surface area contributed by atoms with Gasteiger partial charge in [-0.15, -0.1) is 0 Å².